The van der Waals surface area contributed by atoms with Crippen LogP contribution in [0.5, 0.6) is 0 Å². The van der Waals surface area contributed by atoms with Crippen molar-refractivity contribution in [2.45, 2.75) is 37.8 Å². The standard InChI is InChI=1S/C22H22N6O/c29-21-12-11-18(15-4-3-13-23-14-15)27-28(21)17-9-7-16(8-10-17)24-22-25-19-5-1-2-6-20(19)26-22/h1-6,11-14,16-17H,7-10H2,(H2,24,25,26). The van der Waals surface area contributed by atoms with Crippen LogP contribution in [0.2, 0.25) is 0 Å². The summed E-state index contributed by atoms with van der Waals surface area (Å²) in [5.41, 5.74) is 3.64. The van der Waals surface area contributed by atoms with Crippen molar-refractivity contribution >= 4 is 17.0 Å². The minimum Gasteiger partial charge on any atom is -0.353 e. The van der Waals surface area contributed by atoms with E-state index in [0.29, 0.717) is 6.04 Å². The summed E-state index contributed by atoms with van der Waals surface area (Å²) in [5.74, 6) is 0.809. The number of hydrogen-bond donors (Lipinski definition) is 2. The average molecular weight is 386 g/mol. The lowest BCUT2D eigenvalue weighted by molar-refractivity contribution is 0.304. The molecule has 1 aliphatic rings. The van der Waals surface area contributed by atoms with E-state index < -0.39 is 0 Å². The first-order chi connectivity index (χ1) is 14.3. The van der Waals surface area contributed by atoms with Crippen molar-refractivity contribution in [1.29, 1.82) is 0 Å². The van der Waals surface area contributed by atoms with Crippen LogP contribution in [0.4, 0.5) is 5.95 Å². The number of benzene rings is 1. The minimum absolute atomic E-state index is 0.0497. The fourth-order valence-corrected chi connectivity index (χ4v) is 4.03. The number of anilines is 1. The van der Waals surface area contributed by atoms with E-state index in [1.807, 2.05) is 36.4 Å². The van der Waals surface area contributed by atoms with Gasteiger partial charge in [-0.15, -0.1) is 0 Å². The van der Waals surface area contributed by atoms with Gasteiger partial charge in [0.15, 0.2) is 0 Å². The van der Waals surface area contributed by atoms with E-state index in [1.165, 1.54) is 0 Å². The van der Waals surface area contributed by atoms with Gasteiger partial charge in [0.05, 0.1) is 22.8 Å². The van der Waals surface area contributed by atoms with E-state index in [-0.39, 0.29) is 11.6 Å². The summed E-state index contributed by atoms with van der Waals surface area (Å²) in [6.45, 7) is 0. The van der Waals surface area contributed by atoms with Crippen molar-refractivity contribution < 1.29 is 0 Å². The van der Waals surface area contributed by atoms with Crippen molar-refractivity contribution in [3.05, 3.63) is 71.3 Å². The molecule has 0 aliphatic heterocycles. The predicted octanol–water partition coefficient (Wildman–Crippen LogP) is 3.78. The van der Waals surface area contributed by atoms with Gasteiger partial charge in [0, 0.05) is 30.1 Å². The highest BCUT2D eigenvalue weighted by Gasteiger charge is 2.24. The quantitative estimate of drug-likeness (QED) is 0.557. The van der Waals surface area contributed by atoms with Gasteiger partial charge in [-0.05, 0) is 56.0 Å². The maximum absolute atomic E-state index is 12.4. The molecule has 0 atom stereocenters. The summed E-state index contributed by atoms with van der Waals surface area (Å²) in [5, 5.41) is 8.14. The van der Waals surface area contributed by atoms with Crippen molar-refractivity contribution in [1.82, 2.24) is 24.7 Å². The van der Waals surface area contributed by atoms with Crippen molar-refractivity contribution in [2.24, 2.45) is 0 Å². The van der Waals surface area contributed by atoms with Crippen LogP contribution >= 0.6 is 0 Å². The predicted molar refractivity (Wildman–Crippen MR) is 113 cm³/mol. The number of hydrogen-bond acceptors (Lipinski definition) is 5. The number of nitrogens with zero attached hydrogens (tertiary/aromatic N) is 4. The molecule has 0 unspecified atom stereocenters. The SMILES string of the molecule is O=c1ccc(-c2cccnc2)nn1C1CCC(Nc2nc3ccccc3[nH]2)CC1. The lowest BCUT2D eigenvalue weighted by atomic mass is 9.91. The number of imidazole rings is 1. The molecule has 7 heteroatoms. The summed E-state index contributed by atoms with van der Waals surface area (Å²) in [6.07, 6.45) is 7.24. The topological polar surface area (TPSA) is 88.5 Å². The van der Waals surface area contributed by atoms with Gasteiger partial charge in [-0.3, -0.25) is 9.78 Å². The van der Waals surface area contributed by atoms with Gasteiger partial charge in [-0.1, -0.05) is 12.1 Å². The zero-order valence-electron chi connectivity index (χ0n) is 16.0. The highest BCUT2D eigenvalue weighted by Crippen LogP contribution is 2.29. The fraction of sp³-hybridized carbons (Fsp3) is 0.273. The third-order valence-electron chi connectivity index (χ3n) is 5.56. The molecule has 4 aromatic rings. The Hall–Kier alpha value is -3.48. The number of fused-ring (bicyclic) bond motifs is 1. The number of aromatic nitrogens is 5. The second-order valence-electron chi connectivity index (χ2n) is 7.50. The highest BCUT2D eigenvalue weighted by molar-refractivity contribution is 5.77. The molecule has 5 rings (SSSR count). The van der Waals surface area contributed by atoms with E-state index in [1.54, 1.807) is 29.2 Å². The molecule has 29 heavy (non-hydrogen) atoms. The van der Waals surface area contributed by atoms with Gasteiger partial charge >= 0.3 is 0 Å². The largest absolute Gasteiger partial charge is 0.353 e. The normalized spacial score (nSPS) is 19.3. The number of pyridine rings is 1. The van der Waals surface area contributed by atoms with Crippen LogP contribution in [-0.4, -0.2) is 30.8 Å². The van der Waals surface area contributed by atoms with Gasteiger partial charge in [0.25, 0.3) is 5.56 Å². The van der Waals surface area contributed by atoms with Crippen molar-refractivity contribution in [2.75, 3.05) is 5.32 Å². The molecule has 0 bridgehead atoms. The minimum atomic E-state index is -0.0497. The zero-order chi connectivity index (χ0) is 19.6. The number of nitrogens with one attached hydrogen (secondary N) is 2. The molecule has 1 aromatic carbocycles. The summed E-state index contributed by atoms with van der Waals surface area (Å²) in [7, 11) is 0. The molecule has 146 valence electrons. The maximum atomic E-state index is 12.4. The van der Waals surface area contributed by atoms with Gasteiger partial charge in [0.1, 0.15) is 0 Å². The Morgan fingerprint density at radius 3 is 2.66 bits per heavy atom. The van der Waals surface area contributed by atoms with Crippen molar-refractivity contribution in [3.8, 4) is 11.3 Å². The molecular weight excluding hydrogens is 364 g/mol. The van der Waals surface area contributed by atoms with Crippen LogP contribution in [0, 0.1) is 0 Å². The molecule has 3 heterocycles. The van der Waals surface area contributed by atoms with Gasteiger partial charge < -0.3 is 10.3 Å². The molecule has 3 aromatic heterocycles. The van der Waals surface area contributed by atoms with E-state index in [9.17, 15) is 4.79 Å². The van der Waals surface area contributed by atoms with Crippen LogP contribution in [0.1, 0.15) is 31.7 Å². The van der Waals surface area contributed by atoms with Crippen LogP contribution < -0.4 is 10.9 Å². The molecule has 0 radical (unpaired) electrons. The van der Waals surface area contributed by atoms with Crippen LogP contribution in [-0.2, 0) is 0 Å². The average Bonchev–Trinajstić information content (AvgIpc) is 3.18. The third-order valence-corrected chi connectivity index (χ3v) is 5.56. The van der Waals surface area contributed by atoms with Gasteiger partial charge in [-0.2, -0.15) is 5.10 Å². The molecule has 0 spiro atoms. The van der Waals surface area contributed by atoms with Crippen molar-refractivity contribution in [3.63, 3.8) is 0 Å². The lowest BCUT2D eigenvalue weighted by Crippen LogP contribution is -2.33. The first-order valence-corrected chi connectivity index (χ1v) is 9.98. The van der Waals surface area contributed by atoms with Crippen LogP contribution in [0.3, 0.4) is 0 Å². The van der Waals surface area contributed by atoms with E-state index in [2.05, 4.69) is 25.4 Å². The Labute approximate surface area is 167 Å². The third kappa shape index (κ3) is 3.63. The Morgan fingerprint density at radius 1 is 1.00 bits per heavy atom. The Morgan fingerprint density at radius 2 is 1.86 bits per heavy atom. The highest BCUT2D eigenvalue weighted by atomic mass is 16.1. The molecule has 2 N–H and O–H groups in total. The number of H-pyrrole nitrogens is 1. The monoisotopic (exact) mass is 386 g/mol. The molecule has 0 amide bonds. The summed E-state index contributed by atoms with van der Waals surface area (Å²) in [6, 6.07) is 15.7. The zero-order valence-corrected chi connectivity index (χ0v) is 16.0. The Bertz CT molecular complexity index is 1140. The Balaban J connectivity index is 1.28. The van der Waals surface area contributed by atoms with E-state index >= 15 is 0 Å². The summed E-state index contributed by atoms with van der Waals surface area (Å²) < 4.78 is 1.65. The first-order valence-electron chi connectivity index (χ1n) is 9.98. The summed E-state index contributed by atoms with van der Waals surface area (Å²) in [4.78, 5) is 24.5. The van der Waals surface area contributed by atoms with Crippen LogP contribution in [0.15, 0.2) is 65.7 Å². The summed E-state index contributed by atoms with van der Waals surface area (Å²) >= 11 is 0. The van der Waals surface area contributed by atoms with E-state index in [4.69, 9.17) is 0 Å². The number of rotatable bonds is 4. The number of aromatic amines is 1. The van der Waals surface area contributed by atoms with Crippen LogP contribution in [0.25, 0.3) is 22.3 Å². The molecule has 1 saturated carbocycles. The molecule has 1 aliphatic carbocycles. The lowest BCUT2D eigenvalue weighted by Gasteiger charge is -2.29. The maximum Gasteiger partial charge on any atom is 0.267 e. The first kappa shape index (κ1) is 17.6. The smallest absolute Gasteiger partial charge is 0.267 e. The molecule has 0 saturated heterocycles. The second-order valence-corrected chi connectivity index (χ2v) is 7.50. The molecule has 7 nitrogen and oxygen atoms in total. The van der Waals surface area contributed by atoms with Gasteiger partial charge in [-0.25, -0.2) is 9.67 Å². The number of para-hydroxylation sites is 2. The van der Waals surface area contributed by atoms with E-state index in [0.717, 1.165) is 53.9 Å². The fourth-order valence-electron chi connectivity index (χ4n) is 4.03. The Kier molecular flexibility index (Phi) is 4.56. The molecule has 1 fully saturated rings. The van der Waals surface area contributed by atoms with Gasteiger partial charge in [0.2, 0.25) is 5.95 Å². The molecular formula is C22H22N6O. The second kappa shape index (κ2) is 7.50.